The molecule has 0 radical (unpaired) electrons. The van der Waals surface area contributed by atoms with Crippen molar-refractivity contribution >= 4 is 5.69 Å². The lowest BCUT2D eigenvalue weighted by atomic mass is 10.0. The third kappa shape index (κ3) is 2.90. The molecule has 0 spiro atoms. The van der Waals surface area contributed by atoms with E-state index in [9.17, 15) is 4.39 Å². The SMILES string of the molecule is Cc1cc(N2CCC(N(C)C)C2)c([C@H](C)N)cc1F. The first-order valence-corrected chi connectivity index (χ1v) is 6.87. The summed E-state index contributed by atoms with van der Waals surface area (Å²) in [6.45, 7) is 5.71. The van der Waals surface area contributed by atoms with E-state index in [1.165, 1.54) is 0 Å². The summed E-state index contributed by atoms with van der Waals surface area (Å²) in [7, 11) is 4.22. The smallest absolute Gasteiger partial charge is 0.126 e. The van der Waals surface area contributed by atoms with Crippen LogP contribution in [0.15, 0.2) is 12.1 Å². The van der Waals surface area contributed by atoms with E-state index in [1.54, 1.807) is 6.07 Å². The van der Waals surface area contributed by atoms with Gasteiger partial charge in [-0.2, -0.15) is 0 Å². The Morgan fingerprint density at radius 1 is 1.42 bits per heavy atom. The van der Waals surface area contributed by atoms with Crippen LogP contribution in [-0.4, -0.2) is 38.1 Å². The van der Waals surface area contributed by atoms with Crippen molar-refractivity contribution in [3.8, 4) is 0 Å². The fraction of sp³-hybridized carbons (Fsp3) is 0.600. The Morgan fingerprint density at radius 3 is 2.63 bits per heavy atom. The highest BCUT2D eigenvalue weighted by atomic mass is 19.1. The van der Waals surface area contributed by atoms with Gasteiger partial charge < -0.3 is 15.5 Å². The highest BCUT2D eigenvalue weighted by molar-refractivity contribution is 5.58. The van der Waals surface area contributed by atoms with Gasteiger partial charge in [0.25, 0.3) is 0 Å². The summed E-state index contributed by atoms with van der Waals surface area (Å²) in [6, 6.07) is 3.94. The van der Waals surface area contributed by atoms with Crippen molar-refractivity contribution in [2.24, 2.45) is 5.73 Å². The number of likely N-dealkylation sites (N-methyl/N-ethyl adjacent to an activating group) is 1. The zero-order chi connectivity index (χ0) is 14.2. The van der Waals surface area contributed by atoms with Crippen molar-refractivity contribution in [3.63, 3.8) is 0 Å². The predicted octanol–water partition coefficient (Wildman–Crippen LogP) is 2.29. The number of aryl methyl sites for hydroxylation is 1. The summed E-state index contributed by atoms with van der Waals surface area (Å²) in [5, 5.41) is 0. The molecule has 1 aliphatic rings. The second-order valence-corrected chi connectivity index (χ2v) is 5.80. The molecular weight excluding hydrogens is 241 g/mol. The molecule has 0 saturated carbocycles. The number of nitrogens with two attached hydrogens (primary N) is 1. The molecule has 1 fully saturated rings. The largest absolute Gasteiger partial charge is 0.370 e. The molecular formula is C15H24FN3. The Bertz CT molecular complexity index is 457. The van der Waals surface area contributed by atoms with E-state index in [1.807, 2.05) is 19.9 Å². The summed E-state index contributed by atoms with van der Waals surface area (Å²) in [4.78, 5) is 4.58. The Hall–Kier alpha value is -1.13. The number of anilines is 1. The molecule has 1 saturated heterocycles. The Labute approximate surface area is 115 Å². The third-order valence-electron chi connectivity index (χ3n) is 4.03. The van der Waals surface area contributed by atoms with Gasteiger partial charge in [0.05, 0.1) is 0 Å². The molecule has 1 aliphatic heterocycles. The molecule has 1 aromatic rings. The van der Waals surface area contributed by atoms with Crippen LogP contribution in [0.2, 0.25) is 0 Å². The molecule has 3 nitrogen and oxygen atoms in total. The monoisotopic (exact) mass is 265 g/mol. The predicted molar refractivity (Wildman–Crippen MR) is 78.0 cm³/mol. The van der Waals surface area contributed by atoms with Gasteiger partial charge in [-0.1, -0.05) is 0 Å². The van der Waals surface area contributed by atoms with Gasteiger partial charge in [-0.05, 0) is 57.6 Å². The Kier molecular flexibility index (Phi) is 4.11. The van der Waals surface area contributed by atoms with Gasteiger partial charge in [0.1, 0.15) is 5.82 Å². The maximum absolute atomic E-state index is 13.7. The highest BCUT2D eigenvalue weighted by Gasteiger charge is 2.26. The minimum Gasteiger partial charge on any atom is -0.370 e. The zero-order valence-electron chi connectivity index (χ0n) is 12.3. The van der Waals surface area contributed by atoms with Gasteiger partial charge in [0.2, 0.25) is 0 Å². The van der Waals surface area contributed by atoms with Crippen LogP contribution in [0.1, 0.15) is 30.5 Å². The number of halogens is 1. The first kappa shape index (κ1) is 14.3. The van der Waals surface area contributed by atoms with Crippen LogP contribution in [0.3, 0.4) is 0 Å². The van der Waals surface area contributed by atoms with Gasteiger partial charge in [-0.15, -0.1) is 0 Å². The molecule has 0 bridgehead atoms. The fourth-order valence-corrected chi connectivity index (χ4v) is 2.70. The quantitative estimate of drug-likeness (QED) is 0.910. The average molecular weight is 265 g/mol. The van der Waals surface area contributed by atoms with Crippen LogP contribution in [0, 0.1) is 12.7 Å². The second-order valence-electron chi connectivity index (χ2n) is 5.80. The van der Waals surface area contributed by atoms with Crippen molar-refractivity contribution in [3.05, 3.63) is 29.1 Å². The van der Waals surface area contributed by atoms with Crippen molar-refractivity contribution < 1.29 is 4.39 Å². The minimum absolute atomic E-state index is 0.150. The lowest BCUT2D eigenvalue weighted by molar-refractivity contribution is 0.315. The number of hydrogen-bond donors (Lipinski definition) is 1. The molecule has 1 unspecified atom stereocenters. The van der Waals surface area contributed by atoms with E-state index in [2.05, 4.69) is 23.9 Å². The number of nitrogens with zero attached hydrogens (tertiary/aromatic N) is 2. The number of hydrogen-bond acceptors (Lipinski definition) is 3. The van der Waals surface area contributed by atoms with E-state index in [4.69, 9.17) is 5.73 Å². The molecule has 1 heterocycles. The van der Waals surface area contributed by atoms with Gasteiger partial charge in [-0.25, -0.2) is 4.39 Å². The van der Waals surface area contributed by atoms with Crippen molar-refractivity contribution in [1.29, 1.82) is 0 Å². The Morgan fingerprint density at radius 2 is 2.11 bits per heavy atom. The molecule has 2 N–H and O–H groups in total. The molecule has 106 valence electrons. The van der Waals surface area contributed by atoms with Crippen LogP contribution in [0.4, 0.5) is 10.1 Å². The lowest BCUT2D eigenvalue weighted by Gasteiger charge is -2.26. The van der Waals surface area contributed by atoms with Crippen molar-refractivity contribution in [1.82, 2.24) is 4.90 Å². The minimum atomic E-state index is -0.167. The first-order chi connectivity index (χ1) is 8.90. The van der Waals surface area contributed by atoms with Crippen LogP contribution >= 0.6 is 0 Å². The van der Waals surface area contributed by atoms with E-state index >= 15 is 0 Å². The zero-order valence-corrected chi connectivity index (χ0v) is 12.3. The van der Waals surface area contributed by atoms with Crippen LogP contribution in [-0.2, 0) is 0 Å². The molecule has 0 aliphatic carbocycles. The first-order valence-electron chi connectivity index (χ1n) is 6.87. The van der Waals surface area contributed by atoms with Gasteiger partial charge >= 0.3 is 0 Å². The second kappa shape index (κ2) is 5.47. The van der Waals surface area contributed by atoms with Crippen LogP contribution < -0.4 is 10.6 Å². The summed E-state index contributed by atoms with van der Waals surface area (Å²) in [6.07, 6.45) is 1.14. The Balaban J connectivity index is 2.32. The number of rotatable bonds is 3. The highest BCUT2D eigenvalue weighted by Crippen LogP contribution is 2.31. The summed E-state index contributed by atoms with van der Waals surface area (Å²) in [5.41, 5.74) is 8.68. The molecule has 1 aromatic carbocycles. The summed E-state index contributed by atoms with van der Waals surface area (Å²) in [5.74, 6) is -0.167. The maximum atomic E-state index is 13.7. The number of benzene rings is 1. The lowest BCUT2D eigenvalue weighted by Crippen LogP contribution is -2.32. The maximum Gasteiger partial charge on any atom is 0.126 e. The van der Waals surface area contributed by atoms with E-state index < -0.39 is 0 Å². The van der Waals surface area contributed by atoms with E-state index in [0.717, 1.165) is 30.8 Å². The van der Waals surface area contributed by atoms with E-state index in [0.29, 0.717) is 11.6 Å². The fourth-order valence-electron chi connectivity index (χ4n) is 2.70. The van der Waals surface area contributed by atoms with Gasteiger partial charge in [-0.3, -0.25) is 0 Å². The molecule has 2 atom stereocenters. The normalized spacial score (nSPS) is 21.2. The van der Waals surface area contributed by atoms with Crippen LogP contribution in [0.5, 0.6) is 0 Å². The average Bonchev–Trinajstić information content (AvgIpc) is 2.81. The topological polar surface area (TPSA) is 32.5 Å². The summed E-state index contributed by atoms with van der Waals surface area (Å²) < 4.78 is 13.7. The molecule has 0 aromatic heterocycles. The third-order valence-corrected chi connectivity index (χ3v) is 4.03. The molecule has 4 heteroatoms. The van der Waals surface area contributed by atoms with Crippen molar-refractivity contribution in [2.75, 3.05) is 32.1 Å². The standard InChI is InChI=1S/C15H24FN3/c1-10-7-15(13(11(2)17)8-14(10)16)19-6-5-12(9-19)18(3)4/h7-8,11-12H,5-6,9,17H2,1-4H3/t11-,12?/m0/s1. The van der Waals surface area contributed by atoms with Gasteiger partial charge in [0.15, 0.2) is 0 Å². The van der Waals surface area contributed by atoms with E-state index in [-0.39, 0.29) is 11.9 Å². The summed E-state index contributed by atoms with van der Waals surface area (Å²) >= 11 is 0. The molecule has 19 heavy (non-hydrogen) atoms. The molecule has 0 amide bonds. The van der Waals surface area contributed by atoms with Crippen LogP contribution in [0.25, 0.3) is 0 Å². The van der Waals surface area contributed by atoms with Crippen molar-refractivity contribution in [2.45, 2.75) is 32.4 Å². The molecule has 2 rings (SSSR count). The van der Waals surface area contributed by atoms with Gasteiger partial charge in [0, 0.05) is 30.9 Å².